The monoisotopic (exact) mass is 269 g/mol. The van der Waals surface area contributed by atoms with Gasteiger partial charge in [0.1, 0.15) is 5.82 Å². The van der Waals surface area contributed by atoms with Crippen LogP contribution in [0.15, 0.2) is 48.7 Å². The quantitative estimate of drug-likeness (QED) is 0.775. The highest BCUT2D eigenvalue weighted by molar-refractivity contribution is 6.31. The molecule has 0 fully saturated rings. The summed E-state index contributed by atoms with van der Waals surface area (Å²) >= 11 is 6.16. The molecule has 0 aliphatic carbocycles. The van der Waals surface area contributed by atoms with Crippen LogP contribution < -0.4 is 5.73 Å². The van der Waals surface area contributed by atoms with Crippen LogP contribution in [0.3, 0.4) is 0 Å². The van der Waals surface area contributed by atoms with Crippen LogP contribution in [0, 0.1) is 0 Å². The number of fused-ring (bicyclic) bond motifs is 1. The molecule has 0 spiro atoms. The molecule has 4 heteroatoms. The fourth-order valence-electron chi connectivity index (χ4n) is 2.08. The predicted octanol–water partition coefficient (Wildman–Crippen LogP) is 3.46. The third kappa shape index (κ3) is 2.37. The summed E-state index contributed by atoms with van der Waals surface area (Å²) < 4.78 is 0. The lowest BCUT2D eigenvalue weighted by Crippen LogP contribution is -1.99. The number of nitrogens with two attached hydrogens (primary N) is 1. The van der Waals surface area contributed by atoms with Crippen molar-refractivity contribution in [1.29, 1.82) is 0 Å². The maximum Gasteiger partial charge on any atom is 0.133 e. The van der Waals surface area contributed by atoms with Crippen molar-refractivity contribution < 1.29 is 0 Å². The van der Waals surface area contributed by atoms with Crippen molar-refractivity contribution >= 4 is 28.3 Å². The molecule has 0 aliphatic rings. The van der Waals surface area contributed by atoms with E-state index in [2.05, 4.69) is 9.97 Å². The smallest absolute Gasteiger partial charge is 0.133 e. The van der Waals surface area contributed by atoms with Gasteiger partial charge in [-0.1, -0.05) is 29.8 Å². The summed E-state index contributed by atoms with van der Waals surface area (Å²) in [4.78, 5) is 8.73. The van der Waals surface area contributed by atoms with Gasteiger partial charge in [-0.25, -0.2) is 4.98 Å². The average Bonchev–Trinajstić information content (AvgIpc) is 2.42. The number of nitrogen functional groups attached to an aromatic ring is 1. The van der Waals surface area contributed by atoms with Crippen molar-refractivity contribution in [3.63, 3.8) is 0 Å². The molecule has 3 aromatic rings. The number of hydrogen-bond acceptors (Lipinski definition) is 3. The van der Waals surface area contributed by atoms with E-state index in [0.717, 1.165) is 27.2 Å². The molecule has 0 aliphatic heterocycles. The molecule has 0 bridgehead atoms. The van der Waals surface area contributed by atoms with Gasteiger partial charge in [-0.3, -0.25) is 4.98 Å². The van der Waals surface area contributed by atoms with Gasteiger partial charge in [-0.05, 0) is 29.8 Å². The summed E-state index contributed by atoms with van der Waals surface area (Å²) in [5.41, 5.74) is 8.73. The standard InChI is InChI=1S/C15H12ClN3/c16-13-6-2-1-4-10(13)8-11-9-14-12(15(17)19-11)5-3-7-18-14/h1-7,9H,8H2,(H2,17,19). The van der Waals surface area contributed by atoms with Crippen molar-refractivity contribution in [2.24, 2.45) is 0 Å². The molecule has 2 N–H and O–H groups in total. The number of pyridine rings is 2. The average molecular weight is 270 g/mol. The van der Waals surface area contributed by atoms with E-state index in [1.54, 1.807) is 6.20 Å². The third-order valence-electron chi connectivity index (χ3n) is 3.01. The van der Waals surface area contributed by atoms with Gasteiger partial charge in [0, 0.05) is 28.7 Å². The number of rotatable bonds is 2. The Bertz CT molecular complexity index is 740. The van der Waals surface area contributed by atoms with Crippen LogP contribution in [-0.2, 0) is 6.42 Å². The molecule has 0 saturated heterocycles. The fourth-order valence-corrected chi connectivity index (χ4v) is 2.28. The highest BCUT2D eigenvalue weighted by Crippen LogP contribution is 2.22. The van der Waals surface area contributed by atoms with Crippen molar-refractivity contribution in [1.82, 2.24) is 9.97 Å². The molecule has 1 aromatic carbocycles. The van der Waals surface area contributed by atoms with E-state index in [4.69, 9.17) is 17.3 Å². The van der Waals surface area contributed by atoms with Gasteiger partial charge in [0.05, 0.1) is 5.52 Å². The van der Waals surface area contributed by atoms with E-state index in [1.165, 1.54) is 0 Å². The lowest BCUT2D eigenvalue weighted by atomic mass is 10.1. The minimum absolute atomic E-state index is 0.507. The van der Waals surface area contributed by atoms with Gasteiger partial charge in [-0.15, -0.1) is 0 Å². The van der Waals surface area contributed by atoms with Gasteiger partial charge in [-0.2, -0.15) is 0 Å². The first-order valence-corrected chi connectivity index (χ1v) is 6.35. The second kappa shape index (κ2) is 4.86. The van der Waals surface area contributed by atoms with Crippen LogP contribution in [0.4, 0.5) is 5.82 Å². The minimum atomic E-state index is 0.507. The SMILES string of the molecule is Nc1nc(Cc2ccccc2Cl)cc2ncccc12. The van der Waals surface area contributed by atoms with E-state index in [-0.39, 0.29) is 0 Å². The van der Waals surface area contributed by atoms with Crippen LogP contribution in [0.25, 0.3) is 10.9 Å². The van der Waals surface area contributed by atoms with E-state index >= 15 is 0 Å². The van der Waals surface area contributed by atoms with Crippen LogP contribution in [0.1, 0.15) is 11.3 Å². The number of benzene rings is 1. The molecule has 0 radical (unpaired) electrons. The molecule has 0 amide bonds. The van der Waals surface area contributed by atoms with Crippen molar-refractivity contribution in [3.05, 3.63) is 64.9 Å². The molecule has 0 atom stereocenters. The highest BCUT2D eigenvalue weighted by Gasteiger charge is 2.06. The highest BCUT2D eigenvalue weighted by atomic mass is 35.5. The van der Waals surface area contributed by atoms with Gasteiger partial charge in [0.2, 0.25) is 0 Å². The number of anilines is 1. The Morgan fingerprint density at radius 3 is 2.79 bits per heavy atom. The molecule has 19 heavy (non-hydrogen) atoms. The van der Waals surface area contributed by atoms with E-state index in [1.807, 2.05) is 42.5 Å². The number of nitrogens with zero attached hydrogens (tertiary/aromatic N) is 2. The molecule has 2 heterocycles. The van der Waals surface area contributed by atoms with Crippen molar-refractivity contribution in [2.45, 2.75) is 6.42 Å². The first-order valence-electron chi connectivity index (χ1n) is 5.97. The second-order valence-corrected chi connectivity index (χ2v) is 4.74. The predicted molar refractivity (Wildman–Crippen MR) is 78.2 cm³/mol. The summed E-state index contributed by atoms with van der Waals surface area (Å²) in [6.07, 6.45) is 2.40. The summed E-state index contributed by atoms with van der Waals surface area (Å²) in [6, 6.07) is 13.5. The first kappa shape index (κ1) is 11.9. The van der Waals surface area contributed by atoms with E-state index in [0.29, 0.717) is 12.2 Å². The van der Waals surface area contributed by atoms with Crippen LogP contribution in [0.5, 0.6) is 0 Å². The zero-order valence-electron chi connectivity index (χ0n) is 10.2. The summed E-state index contributed by atoms with van der Waals surface area (Å²) in [7, 11) is 0. The Labute approximate surface area is 116 Å². The Kier molecular flexibility index (Phi) is 3.05. The van der Waals surface area contributed by atoms with E-state index < -0.39 is 0 Å². The maximum absolute atomic E-state index is 6.16. The molecule has 2 aromatic heterocycles. The van der Waals surface area contributed by atoms with Gasteiger partial charge < -0.3 is 5.73 Å². The molecule has 3 rings (SSSR count). The minimum Gasteiger partial charge on any atom is -0.383 e. The Morgan fingerprint density at radius 1 is 1.11 bits per heavy atom. The Balaban J connectivity index is 2.04. The first-order chi connectivity index (χ1) is 9.24. The lowest BCUT2D eigenvalue weighted by molar-refractivity contribution is 1.09. The summed E-state index contributed by atoms with van der Waals surface area (Å²) in [5, 5.41) is 1.62. The molecule has 94 valence electrons. The Hall–Kier alpha value is -2.13. The molecule has 0 unspecified atom stereocenters. The largest absolute Gasteiger partial charge is 0.383 e. The Morgan fingerprint density at radius 2 is 1.95 bits per heavy atom. The number of hydrogen-bond donors (Lipinski definition) is 1. The van der Waals surface area contributed by atoms with Gasteiger partial charge >= 0.3 is 0 Å². The third-order valence-corrected chi connectivity index (χ3v) is 3.38. The topological polar surface area (TPSA) is 51.8 Å². The lowest BCUT2D eigenvalue weighted by Gasteiger charge is -2.07. The molecule has 0 saturated carbocycles. The van der Waals surface area contributed by atoms with Crippen molar-refractivity contribution in [2.75, 3.05) is 5.73 Å². The zero-order valence-corrected chi connectivity index (χ0v) is 10.9. The van der Waals surface area contributed by atoms with Crippen LogP contribution in [0.2, 0.25) is 5.02 Å². The van der Waals surface area contributed by atoms with Crippen LogP contribution >= 0.6 is 11.6 Å². The zero-order chi connectivity index (χ0) is 13.2. The van der Waals surface area contributed by atoms with Crippen LogP contribution in [-0.4, -0.2) is 9.97 Å². The van der Waals surface area contributed by atoms with Crippen molar-refractivity contribution in [3.8, 4) is 0 Å². The van der Waals surface area contributed by atoms with Gasteiger partial charge in [0.25, 0.3) is 0 Å². The van der Waals surface area contributed by atoms with E-state index in [9.17, 15) is 0 Å². The molecule has 3 nitrogen and oxygen atoms in total. The molecular weight excluding hydrogens is 258 g/mol. The maximum atomic E-state index is 6.16. The molecular formula is C15H12ClN3. The number of aromatic nitrogens is 2. The van der Waals surface area contributed by atoms with Gasteiger partial charge in [0.15, 0.2) is 0 Å². The summed E-state index contributed by atoms with van der Waals surface area (Å²) in [6.45, 7) is 0. The normalized spacial score (nSPS) is 10.8. The fraction of sp³-hybridized carbons (Fsp3) is 0.0667. The number of halogens is 1. The summed E-state index contributed by atoms with van der Waals surface area (Å²) in [5.74, 6) is 0.507. The second-order valence-electron chi connectivity index (χ2n) is 4.34.